The predicted octanol–water partition coefficient (Wildman–Crippen LogP) is 14.5. The van der Waals surface area contributed by atoms with Gasteiger partial charge in [0.05, 0.1) is 18.2 Å². The van der Waals surface area contributed by atoms with Crippen molar-refractivity contribution in [2.24, 2.45) is 0 Å². The zero-order chi connectivity index (χ0) is 38.1. The van der Waals surface area contributed by atoms with E-state index in [4.69, 9.17) is 6.57 Å². The number of nitriles is 1. The molecule has 0 heterocycles. The molecule has 4 nitrogen and oxygen atoms in total. The summed E-state index contributed by atoms with van der Waals surface area (Å²) in [6.07, 6.45) is 8.09. The highest BCUT2D eigenvalue weighted by Crippen LogP contribution is 2.37. The Balaban J connectivity index is 1.03. The van der Waals surface area contributed by atoms with Gasteiger partial charge in [-0.15, -0.1) is 0 Å². The topological polar surface area (TPSA) is 34.6 Å². The van der Waals surface area contributed by atoms with Crippen LogP contribution in [0, 0.1) is 17.9 Å². The van der Waals surface area contributed by atoms with Gasteiger partial charge in [-0.1, -0.05) is 127 Å². The minimum atomic E-state index is 0.511. The number of fused-ring (bicyclic) bond motifs is 1. The molecule has 0 aliphatic rings. The van der Waals surface area contributed by atoms with Gasteiger partial charge in [0.25, 0.3) is 0 Å². The van der Waals surface area contributed by atoms with Gasteiger partial charge in [-0.3, -0.25) is 0 Å². The van der Waals surface area contributed by atoms with Crippen molar-refractivity contribution in [2.75, 3.05) is 9.80 Å². The van der Waals surface area contributed by atoms with Gasteiger partial charge in [0.2, 0.25) is 0 Å². The van der Waals surface area contributed by atoms with E-state index in [0.29, 0.717) is 11.3 Å². The lowest BCUT2D eigenvalue weighted by atomic mass is 9.97. The van der Waals surface area contributed by atoms with E-state index in [-0.39, 0.29) is 0 Å². The highest BCUT2D eigenvalue weighted by Gasteiger charge is 2.13. The van der Waals surface area contributed by atoms with E-state index in [9.17, 15) is 5.26 Å². The van der Waals surface area contributed by atoms with Crippen LogP contribution in [0.2, 0.25) is 0 Å². The monoisotopic (exact) mass is 716 g/mol. The van der Waals surface area contributed by atoms with Gasteiger partial charge in [-0.05, 0) is 124 Å². The summed E-state index contributed by atoms with van der Waals surface area (Å²) in [7, 11) is 0. The fourth-order valence-corrected chi connectivity index (χ4v) is 6.92. The molecule has 0 fully saturated rings. The van der Waals surface area contributed by atoms with E-state index in [0.717, 1.165) is 67.2 Å². The molecule has 0 radical (unpaired) electrons. The van der Waals surface area contributed by atoms with E-state index in [1.165, 1.54) is 0 Å². The SMILES string of the molecule is [C-]#[N+]c1cc(C=Cc2ccc(N(c3ccccc3)c3ccccc3)cc2)cc2c(C#N)cc(C=Cc3ccc(N(c4ccccc4)c4ccccc4)cc3)cc12. The Hall–Kier alpha value is -7.92. The third-order valence-corrected chi connectivity index (χ3v) is 9.63. The van der Waals surface area contributed by atoms with Crippen LogP contribution in [0.4, 0.5) is 39.8 Å². The molecule has 0 amide bonds. The zero-order valence-electron chi connectivity index (χ0n) is 30.6. The number of nitrogens with zero attached hydrogens (tertiary/aromatic N) is 4. The number of rotatable bonds is 10. The van der Waals surface area contributed by atoms with Crippen molar-refractivity contribution in [3.63, 3.8) is 0 Å². The van der Waals surface area contributed by atoms with E-state index in [2.05, 4.69) is 118 Å². The number of para-hydroxylation sites is 4. The highest BCUT2D eigenvalue weighted by atomic mass is 15.1. The Kier molecular flexibility index (Phi) is 10.3. The van der Waals surface area contributed by atoms with Crippen LogP contribution in [0.1, 0.15) is 27.8 Å². The first-order valence-corrected chi connectivity index (χ1v) is 18.4. The summed E-state index contributed by atoms with van der Waals surface area (Å²) < 4.78 is 0. The molecule has 0 aliphatic carbocycles. The molecule has 0 aromatic heterocycles. The number of benzene rings is 8. The molecular formula is C52H36N4. The van der Waals surface area contributed by atoms with Gasteiger partial charge < -0.3 is 9.80 Å². The van der Waals surface area contributed by atoms with Crippen molar-refractivity contribution in [1.82, 2.24) is 0 Å². The van der Waals surface area contributed by atoms with Gasteiger partial charge in [-0.2, -0.15) is 5.26 Å². The normalized spacial score (nSPS) is 11.0. The first-order chi connectivity index (χ1) is 27.7. The summed E-state index contributed by atoms with van der Waals surface area (Å²) in [5.74, 6) is 0. The molecule has 8 rings (SSSR count). The lowest BCUT2D eigenvalue weighted by Gasteiger charge is -2.25. The molecule has 4 heteroatoms. The van der Waals surface area contributed by atoms with Crippen LogP contribution in [0.5, 0.6) is 0 Å². The second kappa shape index (κ2) is 16.4. The second-order valence-electron chi connectivity index (χ2n) is 13.3. The lowest BCUT2D eigenvalue weighted by Crippen LogP contribution is -2.09. The van der Waals surface area contributed by atoms with Crippen molar-refractivity contribution in [3.8, 4) is 6.07 Å². The average molecular weight is 717 g/mol. The Bertz CT molecular complexity index is 2450. The van der Waals surface area contributed by atoms with Crippen molar-refractivity contribution in [2.45, 2.75) is 0 Å². The quantitative estimate of drug-likeness (QED) is 0.104. The number of hydrogen-bond acceptors (Lipinski definition) is 3. The largest absolute Gasteiger partial charge is 0.311 e. The molecule has 264 valence electrons. The Morgan fingerprint density at radius 2 is 0.732 bits per heavy atom. The molecule has 0 aliphatic heterocycles. The first kappa shape index (κ1) is 35.1. The Labute approximate surface area is 328 Å². The minimum absolute atomic E-state index is 0.511. The smallest absolute Gasteiger partial charge is 0.195 e. The Morgan fingerprint density at radius 3 is 1.11 bits per heavy atom. The summed E-state index contributed by atoms with van der Waals surface area (Å²) in [6.45, 7) is 8.03. The molecule has 56 heavy (non-hydrogen) atoms. The van der Waals surface area contributed by atoms with Crippen LogP contribution in [0.15, 0.2) is 194 Å². The molecule has 0 bridgehead atoms. The van der Waals surface area contributed by atoms with Crippen molar-refractivity contribution >= 4 is 74.9 Å². The van der Waals surface area contributed by atoms with Gasteiger partial charge in [0, 0.05) is 34.1 Å². The third kappa shape index (κ3) is 7.73. The average Bonchev–Trinajstić information content (AvgIpc) is 3.27. The van der Waals surface area contributed by atoms with Crippen LogP contribution >= 0.6 is 0 Å². The van der Waals surface area contributed by atoms with Gasteiger partial charge >= 0.3 is 0 Å². The summed E-state index contributed by atoms with van der Waals surface area (Å²) in [6, 6.07) is 68.3. The van der Waals surface area contributed by atoms with Crippen molar-refractivity contribution < 1.29 is 0 Å². The van der Waals surface area contributed by atoms with Gasteiger partial charge in [0.15, 0.2) is 5.69 Å². The molecule has 8 aromatic carbocycles. The second-order valence-corrected chi connectivity index (χ2v) is 13.3. The molecule has 0 spiro atoms. The molecule has 0 atom stereocenters. The zero-order valence-corrected chi connectivity index (χ0v) is 30.6. The third-order valence-electron chi connectivity index (χ3n) is 9.63. The van der Waals surface area contributed by atoms with Crippen LogP contribution in [-0.4, -0.2) is 0 Å². The number of anilines is 6. The van der Waals surface area contributed by atoms with Gasteiger partial charge in [-0.25, -0.2) is 4.85 Å². The molecular weight excluding hydrogens is 681 g/mol. The van der Waals surface area contributed by atoms with E-state index in [1.807, 2.05) is 121 Å². The van der Waals surface area contributed by atoms with Crippen molar-refractivity contribution in [1.29, 1.82) is 5.26 Å². The maximum Gasteiger partial charge on any atom is 0.195 e. The fourth-order valence-electron chi connectivity index (χ4n) is 6.92. The molecule has 0 unspecified atom stereocenters. The van der Waals surface area contributed by atoms with Crippen LogP contribution in [0.3, 0.4) is 0 Å². The maximum absolute atomic E-state index is 10.2. The van der Waals surface area contributed by atoms with E-state index in [1.54, 1.807) is 0 Å². The number of hydrogen-bond donors (Lipinski definition) is 0. The summed E-state index contributed by atoms with van der Waals surface area (Å²) in [5.41, 5.74) is 11.3. The standard InChI is InChI=1S/C52H36N4/c1-54-52-37-42(25-23-40-28-32-49(33-29-40)56(46-18-10-4-11-19-46)47-20-12-5-13-21-47)35-50-43(38-53)34-41(36-51(50)52)24-22-39-26-30-48(31-27-39)55(44-14-6-2-7-15-44)45-16-8-3-9-17-45/h2-37H. The first-order valence-electron chi connectivity index (χ1n) is 18.4. The molecule has 8 aromatic rings. The highest BCUT2D eigenvalue weighted by molar-refractivity contribution is 6.01. The Morgan fingerprint density at radius 1 is 0.393 bits per heavy atom. The molecule has 0 saturated carbocycles. The molecule has 0 saturated heterocycles. The minimum Gasteiger partial charge on any atom is -0.311 e. The fraction of sp³-hybridized carbons (Fsp3) is 0. The maximum atomic E-state index is 10.2. The van der Waals surface area contributed by atoms with Crippen LogP contribution in [-0.2, 0) is 0 Å². The summed E-state index contributed by atoms with van der Waals surface area (Å²) >= 11 is 0. The molecule has 0 N–H and O–H groups in total. The summed E-state index contributed by atoms with van der Waals surface area (Å²) in [5, 5.41) is 11.8. The van der Waals surface area contributed by atoms with E-state index < -0.39 is 0 Å². The van der Waals surface area contributed by atoms with Gasteiger partial charge in [0.1, 0.15) is 0 Å². The lowest BCUT2D eigenvalue weighted by molar-refractivity contribution is 1.28. The van der Waals surface area contributed by atoms with E-state index >= 15 is 0 Å². The summed E-state index contributed by atoms with van der Waals surface area (Å²) in [4.78, 5) is 8.35. The van der Waals surface area contributed by atoms with Crippen molar-refractivity contribution in [3.05, 3.63) is 233 Å². The predicted molar refractivity (Wildman–Crippen MR) is 235 cm³/mol. The van der Waals surface area contributed by atoms with Crippen LogP contribution in [0.25, 0.3) is 39.9 Å². The van der Waals surface area contributed by atoms with Crippen LogP contribution < -0.4 is 9.80 Å².